The molecule has 8 heteroatoms. The first-order valence-corrected chi connectivity index (χ1v) is 9.01. The summed E-state index contributed by atoms with van der Waals surface area (Å²) in [6.45, 7) is 1.26. The summed E-state index contributed by atoms with van der Waals surface area (Å²) in [5.41, 5.74) is 12.3. The second-order valence-electron chi connectivity index (χ2n) is 5.79. The highest BCUT2D eigenvalue weighted by molar-refractivity contribution is 8.00. The Kier molecular flexibility index (Phi) is 5.72. The fourth-order valence-corrected chi connectivity index (χ4v) is 3.64. The minimum absolute atomic E-state index is 0.0876. The second kappa shape index (κ2) is 8.17. The van der Waals surface area contributed by atoms with Gasteiger partial charge >= 0.3 is 0 Å². The predicted octanol–water partition coefficient (Wildman–Crippen LogP) is 1.77. The summed E-state index contributed by atoms with van der Waals surface area (Å²) >= 11 is 1.23. The fourth-order valence-electron chi connectivity index (χ4n) is 2.63. The molecule has 1 aliphatic rings. The van der Waals surface area contributed by atoms with Gasteiger partial charge in [-0.3, -0.25) is 4.79 Å². The van der Waals surface area contributed by atoms with Gasteiger partial charge in [0.2, 0.25) is 5.91 Å². The minimum Gasteiger partial charge on any atom is -0.383 e. The van der Waals surface area contributed by atoms with Crippen LogP contribution in [-0.4, -0.2) is 35.1 Å². The van der Waals surface area contributed by atoms with Crippen molar-refractivity contribution in [3.05, 3.63) is 42.0 Å². The van der Waals surface area contributed by atoms with Gasteiger partial charge < -0.3 is 21.5 Å². The number of hydrogen-bond acceptors (Lipinski definition) is 7. The number of nitrogens with zero attached hydrogens (tertiary/aromatic N) is 2. The maximum absolute atomic E-state index is 12.8. The van der Waals surface area contributed by atoms with E-state index < -0.39 is 5.25 Å². The van der Waals surface area contributed by atoms with Gasteiger partial charge in [0.05, 0.1) is 6.10 Å². The Morgan fingerprint density at radius 2 is 2.00 bits per heavy atom. The van der Waals surface area contributed by atoms with Gasteiger partial charge in [-0.1, -0.05) is 42.1 Å². The zero-order valence-corrected chi connectivity index (χ0v) is 14.5. The van der Waals surface area contributed by atoms with E-state index in [-0.39, 0.29) is 23.6 Å². The van der Waals surface area contributed by atoms with E-state index >= 15 is 0 Å². The van der Waals surface area contributed by atoms with Crippen molar-refractivity contribution in [3.8, 4) is 0 Å². The van der Waals surface area contributed by atoms with Crippen molar-refractivity contribution in [1.29, 1.82) is 0 Å². The largest absolute Gasteiger partial charge is 0.383 e. The number of carbonyl (C=O) groups excluding carboxylic acids is 1. The van der Waals surface area contributed by atoms with Crippen LogP contribution < -0.4 is 16.8 Å². The first-order chi connectivity index (χ1) is 12.1. The molecule has 0 aliphatic carbocycles. The van der Waals surface area contributed by atoms with Crippen LogP contribution in [0.15, 0.2) is 41.6 Å². The van der Waals surface area contributed by atoms with E-state index in [9.17, 15) is 4.79 Å². The monoisotopic (exact) mass is 359 g/mol. The van der Waals surface area contributed by atoms with Crippen molar-refractivity contribution in [3.63, 3.8) is 0 Å². The molecular weight excluding hydrogens is 338 g/mol. The van der Waals surface area contributed by atoms with Crippen molar-refractivity contribution in [1.82, 2.24) is 15.3 Å². The number of nitrogens with two attached hydrogens (primary N) is 2. The molecule has 2 atom stereocenters. The SMILES string of the molecule is Nc1cc(N)nc(S[C@@H](C(=O)NC[C@H]2CCCO2)c2ccccc2)n1. The fraction of sp³-hybridized carbons (Fsp3) is 0.353. The van der Waals surface area contributed by atoms with Crippen LogP contribution in [0.2, 0.25) is 0 Å². The first-order valence-electron chi connectivity index (χ1n) is 8.13. The third-order valence-corrected chi connectivity index (χ3v) is 4.95. The molecule has 2 heterocycles. The van der Waals surface area contributed by atoms with Gasteiger partial charge in [0.1, 0.15) is 16.9 Å². The molecule has 1 aromatic heterocycles. The number of anilines is 2. The van der Waals surface area contributed by atoms with E-state index in [1.54, 1.807) is 0 Å². The van der Waals surface area contributed by atoms with Crippen molar-refractivity contribution in [2.75, 3.05) is 24.6 Å². The number of nitrogen functional groups attached to an aromatic ring is 2. The number of rotatable bonds is 6. The minimum atomic E-state index is -0.496. The number of thioether (sulfide) groups is 1. The smallest absolute Gasteiger partial charge is 0.238 e. The lowest BCUT2D eigenvalue weighted by molar-refractivity contribution is -0.121. The van der Waals surface area contributed by atoms with Gasteiger partial charge in [-0.2, -0.15) is 0 Å². The molecular formula is C17H21N5O2S. The molecule has 1 aromatic carbocycles. The standard InChI is InChI=1S/C17H21N5O2S/c18-13-9-14(19)22-17(21-13)25-15(11-5-2-1-3-6-11)16(23)20-10-12-7-4-8-24-12/h1-3,5-6,9,12,15H,4,7-8,10H2,(H,20,23)(H4,18,19,21,22)/t12-,15-/m1/s1. The Bertz CT molecular complexity index is 702. The summed E-state index contributed by atoms with van der Waals surface area (Å²) in [5.74, 6) is 0.444. The normalized spacial score (nSPS) is 18.0. The van der Waals surface area contributed by atoms with Gasteiger partial charge in [-0.25, -0.2) is 9.97 Å². The first kappa shape index (κ1) is 17.5. The Balaban J connectivity index is 1.75. The maximum Gasteiger partial charge on any atom is 0.238 e. The lowest BCUT2D eigenvalue weighted by atomic mass is 10.1. The molecule has 0 radical (unpaired) electrons. The van der Waals surface area contributed by atoms with Crippen LogP contribution in [-0.2, 0) is 9.53 Å². The Morgan fingerprint density at radius 3 is 2.64 bits per heavy atom. The van der Waals surface area contributed by atoms with Crippen molar-refractivity contribution >= 4 is 29.3 Å². The van der Waals surface area contributed by atoms with E-state index in [1.165, 1.54) is 17.8 Å². The summed E-state index contributed by atoms with van der Waals surface area (Å²) in [6, 6.07) is 11.0. The second-order valence-corrected chi connectivity index (χ2v) is 6.86. The van der Waals surface area contributed by atoms with Gasteiger partial charge in [0.25, 0.3) is 0 Å². The average molecular weight is 359 g/mol. The van der Waals surface area contributed by atoms with Gasteiger partial charge in [-0.15, -0.1) is 0 Å². The van der Waals surface area contributed by atoms with Crippen LogP contribution >= 0.6 is 11.8 Å². The number of nitrogens with one attached hydrogen (secondary N) is 1. The maximum atomic E-state index is 12.8. The number of ether oxygens (including phenoxy) is 1. The molecule has 25 heavy (non-hydrogen) atoms. The molecule has 1 saturated heterocycles. The molecule has 0 unspecified atom stereocenters. The van der Waals surface area contributed by atoms with Crippen molar-refractivity contribution in [2.45, 2.75) is 29.4 Å². The molecule has 3 rings (SSSR count). The lowest BCUT2D eigenvalue weighted by Gasteiger charge is -2.18. The predicted molar refractivity (Wildman–Crippen MR) is 97.9 cm³/mol. The van der Waals surface area contributed by atoms with Crippen LogP contribution in [0.4, 0.5) is 11.6 Å². The van der Waals surface area contributed by atoms with Crippen LogP contribution in [0, 0.1) is 0 Å². The van der Waals surface area contributed by atoms with Crippen molar-refractivity contribution in [2.24, 2.45) is 0 Å². The highest BCUT2D eigenvalue weighted by Gasteiger charge is 2.25. The van der Waals surface area contributed by atoms with Crippen molar-refractivity contribution < 1.29 is 9.53 Å². The molecule has 0 saturated carbocycles. The molecule has 1 aliphatic heterocycles. The van der Waals surface area contributed by atoms with Crippen LogP contribution in [0.1, 0.15) is 23.7 Å². The highest BCUT2D eigenvalue weighted by atomic mass is 32.2. The van der Waals surface area contributed by atoms with E-state index in [0.29, 0.717) is 11.7 Å². The molecule has 5 N–H and O–H groups in total. The number of aromatic nitrogens is 2. The molecule has 2 aromatic rings. The Hall–Kier alpha value is -2.32. The lowest BCUT2D eigenvalue weighted by Crippen LogP contribution is -2.34. The third-order valence-electron chi connectivity index (χ3n) is 3.84. The molecule has 132 valence electrons. The van der Waals surface area contributed by atoms with E-state index in [2.05, 4.69) is 15.3 Å². The number of benzene rings is 1. The summed E-state index contributed by atoms with van der Waals surface area (Å²) in [5, 5.41) is 2.85. The van der Waals surface area contributed by atoms with Crippen LogP contribution in [0.5, 0.6) is 0 Å². The van der Waals surface area contributed by atoms with E-state index in [1.807, 2.05) is 30.3 Å². The zero-order chi connectivity index (χ0) is 17.6. The Morgan fingerprint density at radius 1 is 1.28 bits per heavy atom. The number of amides is 1. The summed E-state index contributed by atoms with van der Waals surface area (Å²) in [7, 11) is 0. The topological polar surface area (TPSA) is 116 Å². The summed E-state index contributed by atoms with van der Waals surface area (Å²) in [4.78, 5) is 21.1. The van der Waals surface area contributed by atoms with E-state index in [4.69, 9.17) is 16.2 Å². The van der Waals surface area contributed by atoms with Gasteiger partial charge in [0, 0.05) is 19.2 Å². The van der Waals surface area contributed by atoms with Crippen LogP contribution in [0.25, 0.3) is 0 Å². The number of carbonyl (C=O) groups is 1. The highest BCUT2D eigenvalue weighted by Crippen LogP contribution is 2.34. The molecule has 0 spiro atoms. The summed E-state index contributed by atoms with van der Waals surface area (Å²) < 4.78 is 5.56. The average Bonchev–Trinajstić information content (AvgIpc) is 3.11. The quantitative estimate of drug-likeness (QED) is 0.531. The molecule has 1 fully saturated rings. The van der Waals surface area contributed by atoms with Crippen LogP contribution in [0.3, 0.4) is 0 Å². The molecule has 1 amide bonds. The summed E-state index contributed by atoms with van der Waals surface area (Å²) in [6.07, 6.45) is 2.09. The molecule has 0 bridgehead atoms. The Labute approximate surface area is 150 Å². The molecule has 7 nitrogen and oxygen atoms in total. The van der Waals surface area contributed by atoms with Gasteiger partial charge in [0.15, 0.2) is 5.16 Å². The van der Waals surface area contributed by atoms with Gasteiger partial charge in [-0.05, 0) is 18.4 Å². The third kappa shape index (κ3) is 4.83. The number of hydrogen-bond donors (Lipinski definition) is 3. The van der Waals surface area contributed by atoms with E-state index in [0.717, 1.165) is 25.0 Å². The zero-order valence-electron chi connectivity index (χ0n) is 13.7.